The van der Waals surface area contributed by atoms with E-state index in [2.05, 4.69) is 37.5 Å². The molecule has 0 aromatic rings. The molecule has 0 aliphatic carbocycles. The summed E-state index contributed by atoms with van der Waals surface area (Å²) in [7, 11) is 0. The molecule has 2 aliphatic heterocycles. The zero-order chi connectivity index (χ0) is 14.4. The van der Waals surface area contributed by atoms with Gasteiger partial charge in [0.15, 0.2) is 0 Å². The van der Waals surface area contributed by atoms with Crippen LogP contribution in [-0.4, -0.2) is 71.0 Å². The molecule has 2 heterocycles. The Labute approximate surface area is 118 Å². The maximum atomic E-state index is 8.90. The van der Waals surface area contributed by atoms with Crippen LogP contribution in [0.4, 0.5) is 0 Å². The van der Waals surface area contributed by atoms with Gasteiger partial charge in [0.1, 0.15) is 0 Å². The number of rotatable bonds is 3. The van der Waals surface area contributed by atoms with Gasteiger partial charge >= 0.3 is 0 Å². The number of hydrogen-bond donors (Lipinski definition) is 2. The molecular weight excluding hydrogens is 240 g/mol. The summed E-state index contributed by atoms with van der Waals surface area (Å²) in [5.74, 6) is 0.574. The van der Waals surface area contributed by atoms with Crippen molar-refractivity contribution in [2.75, 3.05) is 32.8 Å². The van der Waals surface area contributed by atoms with Gasteiger partial charge in [0.25, 0.3) is 0 Å². The van der Waals surface area contributed by atoms with Gasteiger partial charge in [0, 0.05) is 31.8 Å². The smallest absolute Gasteiger partial charge is 0.0794 e. The lowest BCUT2D eigenvalue weighted by molar-refractivity contribution is -0.0161. The third kappa shape index (κ3) is 5.78. The molecule has 0 bridgehead atoms. The SMILES string of the molecule is CC(C)N1CC(O)C1.CC(C)N1CCC(CO)CC1. The number of β-amino-alcohol motifs (C(OH)–C–C–N with tert-alkyl or cyclic N) is 1. The third-order valence-corrected chi connectivity index (χ3v) is 4.26. The van der Waals surface area contributed by atoms with Crippen LogP contribution in [-0.2, 0) is 0 Å². The van der Waals surface area contributed by atoms with Crippen LogP contribution in [0.15, 0.2) is 0 Å². The van der Waals surface area contributed by atoms with Crippen molar-refractivity contribution in [3.63, 3.8) is 0 Å². The number of hydrogen-bond acceptors (Lipinski definition) is 4. The molecule has 0 aromatic carbocycles. The van der Waals surface area contributed by atoms with Crippen LogP contribution in [0.2, 0.25) is 0 Å². The number of likely N-dealkylation sites (tertiary alicyclic amines) is 2. The summed E-state index contributed by atoms with van der Waals surface area (Å²) in [6, 6.07) is 1.29. The zero-order valence-corrected chi connectivity index (χ0v) is 13.0. The van der Waals surface area contributed by atoms with Gasteiger partial charge in [-0.25, -0.2) is 0 Å². The van der Waals surface area contributed by atoms with Gasteiger partial charge in [-0.1, -0.05) is 0 Å². The minimum atomic E-state index is -0.0441. The van der Waals surface area contributed by atoms with Crippen molar-refractivity contribution < 1.29 is 10.2 Å². The van der Waals surface area contributed by atoms with E-state index in [-0.39, 0.29) is 6.10 Å². The van der Waals surface area contributed by atoms with E-state index in [0.717, 1.165) is 13.1 Å². The van der Waals surface area contributed by atoms with Gasteiger partial charge < -0.3 is 15.1 Å². The van der Waals surface area contributed by atoms with Crippen LogP contribution in [0.5, 0.6) is 0 Å². The molecule has 2 aliphatic rings. The second-order valence-electron chi connectivity index (χ2n) is 6.46. The van der Waals surface area contributed by atoms with Gasteiger partial charge in [0.05, 0.1) is 6.10 Å². The Hall–Kier alpha value is -0.160. The monoisotopic (exact) mass is 272 g/mol. The summed E-state index contributed by atoms with van der Waals surface area (Å²) in [6.07, 6.45) is 2.31. The Morgan fingerprint density at radius 1 is 0.947 bits per heavy atom. The lowest BCUT2D eigenvalue weighted by atomic mass is 9.97. The summed E-state index contributed by atoms with van der Waals surface area (Å²) in [5.41, 5.74) is 0. The Balaban J connectivity index is 0.000000200. The Kier molecular flexibility index (Phi) is 7.29. The lowest BCUT2D eigenvalue weighted by Gasteiger charge is -2.38. The highest BCUT2D eigenvalue weighted by atomic mass is 16.3. The van der Waals surface area contributed by atoms with Crippen LogP contribution in [0.1, 0.15) is 40.5 Å². The molecule has 0 unspecified atom stereocenters. The van der Waals surface area contributed by atoms with E-state index >= 15 is 0 Å². The van der Waals surface area contributed by atoms with Gasteiger partial charge in [-0.15, -0.1) is 0 Å². The van der Waals surface area contributed by atoms with Crippen molar-refractivity contribution in [2.24, 2.45) is 5.92 Å². The van der Waals surface area contributed by atoms with Gasteiger partial charge in [0.2, 0.25) is 0 Å². The summed E-state index contributed by atoms with van der Waals surface area (Å²) in [6.45, 7) is 13.2. The Bertz CT molecular complexity index is 232. The molecule has 2 fully saturated rings. The lowest BCUT2D eigenvalue weighted by Crippen LogP contribution is -2.53. The predicted octanol–water partition coefficient (Wildman–Crippen LogP) is 1.17. The minimum absolute atomic E-state index is 0.0441. The first-order chi connectivity index (χ1) is 8.93. The molecule has 0 saturated carbocycles. The van der Waals surface area contributed by atoms with Crippen LogP contribution in [0.25, 0.3) is 0 Å². The van der Waals surface area contributed by atoms with Crippen LogP contribution >= 0.6 is 0 Å². The third-order valence-electron chi connectivity index (χ3n) is 4.26. The summed E-state index contributed by atoms with van der Waals surface area (Å²) in [5, 5.41) is 17.7. The second kappa shape index (κ2) is 8.20. The highest BCUT2D eigenvalue weighted by molar-refractivity contribution is 4.80. The van der Waals surface area contributed by atoms with Gasteiger partial charge in [-0.3, -0.25) is 4.90 Å². The summed E-state index contributed by atoms with van der Waals surface area (Å²) in [4.78, 5) is 4.72. The topological polar surface area (TPSA) is 46.9 Å². The maximum Gasteiger partial charge on any atom is 0.0794 e. The van der Waals surface area contributed by atoms with Crippen molar-refractivity contribution in [3.8, 4) is 0 Å². The minimum Gasteiger partial charge on any atom is -0.396 e. The first-order valence-electron chi connectivity index (χ1n) is 7.71. The maximum absolute atomic E-state index is 8.90. The molecule has 2 saturated heterocycles. The molecule has 114 valence electrons. The number of piperidine rings is 1. The van der Waals surface area contributed by atoms with Crippen LogP contribution in [0, 0.1) is 5.92 Å². The van der Waals surface area contributed by atoms with E-state index in [1.165, 1.54) is 25.9 Å². The molecule has 0 aromatic heterocycles. The van der Waals surface area contributed by atoms with Crippen LogP contribution < -0.4 is 0 Å². The van der Waals surface area contributed by atoms with E-state index < -0.39 is 0 Å². The first kappa shape index (κ1) is 16.9. The fourth-order valence-electron chi connectivity index (χ4n) is 2.56. The van der Waals surface area contributed by atoms with Crippen molar-refractivity contribution in [2.45, 2.75) is 58.7 Å². The molecule has 0 amide bonds. The molecule has 2 rings (SSSR count). The molecular formula is C15H32N2O2. The standard InChI is InChI=1S/C9H19NO.C6H13NO/c1-8(2)10-5-3-9(7-11)4-6-10;1-5(2)7-3-6(8)4-7/h8-9,11H,3-7H2,1-2H3;5-6,8H,3-4H2,1-2H3. The van der Waals surface area contributed by atoms with Crippen LogP contribution in [0.3, 0.4) is 0 Å². The molecule has 2 N–H and O–H groups in total. The van der Waals surface area contributed by atoms with E-state index in [1.54, 1.807) is 0 Å². The summed E-state index contributed by atoms with van der Waals surface area (Å²) >= 11 is 0. The highest BCUT2D eigenvalue weighted by Crippen LogP contribution is 2.17. The average Bonchev–Trinajstić information content (AvgIpc) is 2.35. The van der Waals surface area contributed by atoms with E-state index in [1.807, 2.05) is 0 Å². The van der Waals surface area contributed by atoms with Crippen molar-refractivity contribution in [3.05, 3.63) is 0 Å². The number of nitrogens with zero attached hydrogens (tertiary/aromatic N) is 2. The first-order valence-corrected chi connectivity index (χ1v) is 7.71. The fraction of sp³-hybridized carbons (Fsp3) is 1.00. The molecule has 19 heavy (non-hydrogen) atoms. The predicted molar refractivity (Wildman–Crippen MR) is 79.2 cm³/mol. The highest BCUT2D eigenvalue weighted by Gasteiger charge is 2.25. The molecule has 0 radical (unpaired) electrons. The Morgan fingerprint density at radius 2 is 1.42 bits per heavy atom. The van der Waals surface area contributed by atoms with Gasteiger partial charge in [-0.05, 0) is 59.5 Å². The van der Waals surface area contributed by atoms with Gasteiger partial charge in [-0.2, -0.15) is 0 Å². The van der Waals surface area contributed by atoms with Crippen molar-refractivity contribution in [1.29, 1.82) is 0 Å². The van der Waals surface area contributed by atoms with E-state index in [0.29, 0.717) is 24.6 Å². The largest absolute Gasteiger partial charge is 0.396 e. The molecule has 4 heteroatoms. The molecule has 0 atom stereocenters. The zero-order valence-electron chi connectivity index (χ0n) is 13.0. The molecule has 4 nitrogen and oxygen atoms in total. The van der Waals surface area contributed by atoms with E-state index in [4.69, 9.17) is 10.2 Å². The van der Waals surface area contributed by atoms with Crippen molar-refractivity contribution in [1.82, 2.24) is 9.80 Å². The second-order valence-corrected chi connectivity index (χ2v) is 6.46. The number of aliphatic hydroxyl groups excluding tert-OH is 2. The fourth-order valence-corrected chi connectivity index (χ4v) is 2.56. The molecule has 0 spiro atoms. The average molecular weight is 272 g/mol. The van der Waals surface area contributed by atoms with E-state index in [9.17, 15) is 0 Å². The normalized spacial score (nSPS) is 23.4. The van der Waals surface area contributed by atoms with Crippen molar-refractivity contribution >= 4 is 0 Å². The Morgan fingerprint density at radius 3 is 1.68 bits per heavy atom. The number of aliphatic hydroxyl groups is 2. The quantitative estimate of drug-likeness (QED) is 0.810. The summed E-state index contributed by atoms with van der Waals surface area (Å²) < 4.78 is 0.